The number of likely N-dealkylation sites (tertiary alicyclic amines) is 1. The predicted octanol–water partition coefficient (Wildman–Crippen LogP) is 2.21. The fourth-order valence-electron chi connectivity index (χ4n) is 3.36. The van der Waals surface area contributed by atoms with Gasteiger partial charge in [0.1, 0.15) is 16.5 Å². The number of fused-ring (bicyclic) bond motifs is 1. The van der Waals surface area contributed by atoms with Gasteiger partial charge in [-0.15, -0.1) is 0 Å². The van der Waals surface area contributed by atoms with Crippen molar-refractivity contribution in [1.82, 2.24) is 20.2 Å². The molecule has 4 atom stereocenters. The van der Waals surface area contributed by atoms with Crippen molar-refractivity contribution in [1.29, 1.82) is 0 Å². The maximum atomic E-state index is 13.1. The van der Waals surface area contributed by atoms with Crippen LogP contribution in [0.25, 0.3) is 0 Å². The molecule has 1 saturated carbocycles. The number of carbonyl (C=O) groups excluding carboxylic acids is 2. The van der Waals surface area contributed by atoms with Crippen molar-refractivity contribution in [2.75, 3.05) is 7.11 Å². The number of carbonyl (C=O) groups is 2. The van der Waals surface area contributed by atoms with Crippen LogP contribution < -0.4 is 5.32 Å². The van der Waals surface area contributed by atoms with E-state index in [2.05, 4.69) is 36.0 Å². The minimum absolute atomic E-state index is 0.0246. The predicted molar refractivity (Wildman–Crippen MR) is 86.6 cm³/mol. The van der Waals surface area contributed by atoms with E-state index in [4.69, 9.17) is 0 Å². The third-order valence-corrected chi connectivity index (χ3v) is 5.03. The first-order valence-electron chi connectivity index (χ1n) is 7.79. The Kier molecular flexibility index (Phi) is 4.35. The summed E-state index contributed by atoms with van der Waals surface area (Å²) in [5, 5.41) is 2.67. The molecule has 0 bridgehead atoms. The zero-order chi connectivity index (χ0) is 16.7. The second-order valence-electron chi connectivity index (χ2n) is 6.53. The molecule has 1 saturated heterocycles. The van der Waals surface area contributed by atoms with E-state index < -0.39 is 12.1 Å². The number of aromatic nitrogens is 2. The average Bonchev–Trinajstić information content (AvgIpc) is 2.96. The first-order chi connectivity index (χ1) is 10.9. The molecule has 2 amide bonds. The number of imidazole rings is 1. The summed E-state index contributed by atoms with van der Waals surface area (Å²) >= 11 is 3.36. The first kappa shape index (κ1) is 16.3. The van der Waals surface area contributed by atoms with E-state index in [0.717, 1.165) is 23.3 Å². The second kappa shape index (κ2) is 6.14. The van der Waals surface area contributed by atoms with E-state index in [1.165, 1.54) is 7.11 Å². The molecule has 2 aliphatic rings. The van der Waals surface area contributed by atoms with Crippen LogP contribution >= 0.6 is 15.9 Å². The molecule has 0 radical (unpaired) electrons. The van der Waals surface area contributed by atoms with Gasteiger partial charge < -0.3 is 19.9 Å². The Morgan fingerprint density at radius 3 is 2.78 bits per heavy atom. The topological polar surface area (TPSA) is 87.3 Å². The lowest BCUT2D eigenvalue weighted by atomic mass is 10.0. The zero-order valence-electron chi connectivity index (χ0n) is 13.4. The van der Waals surface area contributed by atoms with Crippen molar-refractivity contribution >= 4 is 27.9 Å². The molecular weight excluding hydrogens is 364 g/mol. The molecular formula is C15H21BrN4O3. The Bertz CT molecular complexity index is 618. The highest BCUT2D eigenvalue weighted by molar-refractivity contribution is 9.10. The first-order valence-corrected chi connectivity index (χ1v) is 8.58. The zero-order valence-corrected chi connectivity index (χ0v) is 15.0. The number of ether oxygens (including phenoxy) is 1. The summed E-state index contributed by atoms with van der Waals surface area (Å²) in [4.78, 5) is 34.1. The Balaban J connectivity index is 1.81. The molecule has 3 rings (SSSR count). The second-order valence-corrected chi connectivity index (χ2v) is 7.39. The molecule has 0 spiro atoms. The summed E-state index contributed by atoms with van der Waals surface area (Å²) in [5.41, 5.74) is 0. The van der Waals surface area contributed by atoms with Crippen molar-refractivity contribution in [2.45, 2.75) is 44.8 Å². The van der Waals surface area contributed by atoms with Crippen LogP contribution in [-0.4, -0.2) is 46.1 Å². The normalized spacial score (nSPS) is 26.8. The number of hydrogen-bond donors (Lipinski definition) is 2. The van der Waals surface area contributed by atoms with Gasteiger partial charge in [0.15, 0.2) is 0 Å². The summed E-state index contributed by atoms with van der Waals surface area (Å²) < 4.78 is 5.45. The summed E-state index contributed by atoms with van der Waals surface area (Å²) in [7, 11) is 1.30. The lowest BCUT2D eigenvalue weighted by molar-refractivity contribution is -0.136. The Morgan fingerprint density at radius 1 is 1.48 bits per heavy atom. The Hall–Kier alpha value is -1.57. The number of aromatic amines is 1. The number of methoxy groups -OCH3 is 1. The van der Waals surface area contributed by atoms with E-state index in [9.17, 15) is 9.59 Å². The lowest BCUT2D eigenvalue weighted by Gasteiger charge is -2.31. The van der Waals surface area contributed by atoms with Crippen molar-refractivity contribution in [3.8, 4) is 0 Å². The standard InChI is InChI=1S/C15H21BrN4O3/c1-7(2)12(19-15(22)23-3)14(21)20-9-4-8(9)5-10(20)13-17-6-11(16)18-13/h6-10,12H,4-5H2,1-3H3,(H,17,18)(H,19,22). The van der Waals surface area contributed by atoms with Gasteiger partial charge >= 0.3 is 6.09 Å². The van der Waals surface area contributed by atoms with E-state index in [0.29, 0.717) is 5.92 Å². The number of hydrogen-bond acceptors (Lipinski definition) is 4. The van der Waals surface area contributed by atoms with Crippen LogP contribution in [0.4, 0.5) is 4.79 Å². The smallest absolute Gasteiger partial charge is 0.407 e. The molecule has 2 heterocycles. The fourth-order valence-corrected chi connectivity index (χ4v) is 3.67. The average molecular weight is 385 g/mol. The van der Waals surface area contributed by atoms with Crippen molar-refractivity contribution in [3.05, 3.63) is 16.6 Å². The molecule has 126 valence electrons. The highest BCUT2D eigenvalue weighted by Crippen LogP contribution is 2.53. The molecule has 8 heteroatoms. The van der Waals surface area contributed by atoms with Crippen LogP contribution in [0.1, 0.15) is 38.6 Å². The van der Waals surface area contributed by atoms with E-state index in [1.807, 2.05) is 18.7 Å². The van der Waals surface area contributed by atoms with Gasteiger partial charge in [0.05, 0.1) is 19.3 Å². The summed E-state index contributed by atoms with van der Waals surface area (Å²) in [5.74, 6) is 1.24. The van der Waals surface area contributed by atoms with Crippen LogP contribution in [0, 0.1) is 11.8 Å². The number of amides is 2. The van der Waals surface area contributed by atoms with Crippen molar-refractivity contribution < 1.29 is 14.3 Å². The lowest BCUT2D eigenvalue weighted by Crippen LogP contribution is -2.52. The number of piperidine rings is 1. The number of nitrogens with one attached hydrogen (secondary N) is 2. The van der Waals surface area contributed by atoms with Crippen LogP contribution in [-0.2, 0) is 9.53 Å². The van der Waals surface area contributed by atoms with E-state index in [1.54, 1.807) is 6.20 Å². The summed E-state index contributed by atoms with van der Waals surface area (Å²) in [6.45, 7) is 3.83. The number of alkyl carbamates (subject to hydrolysis) is 1. The molecule has 1 aliphatic heterocycles. The van der Waals surface area contributed by atoms with Crippen LogP contribution in [0.15, 0.2) is 10.8 Å². The van der Waals surface area contributed by atoms with Crippen LogP contribution in [0.2, 0.25) is 0 Å². The molecule has 2 N–H and O–H groups in total. The van der Waals surface area contributed by atoms with Crippen LogP contribution in [0.5, 0.6) is 0 Å². The van der Waals surface area contributed by atoms with Crippen LogP contribution in [0.3, 0.4) is 0 Å². The molecule has 1 aromatic rings. The molecule has 2 fully saturated rings. The van der Waals surface area contributed by atoms with Gasteiger partial charge in [-0.2, -0.15) is 0 Å². The molecule has 1 aromatic heterocycles. The van der Waals surface area contributed by atoms with Gasteiger partial charge in [0.2, 0.25) is 5.91 Å². The number of rotatable bonds is 4. The maximum Gasteiger partial charge on any atom is 0.407 e. The molecule has 23 heavy (non-hydrogen) atoms. The quantitative estimate of drug-likeness (QED) is 0.832. The Labute approximate surface area is 143 Å². The summed E-state index contributed by atoms with van der Waals surface area (Å²) in [6.07, 6.45) is 3.07. The SMILES string of the molecule is COC(=O)NC(C(=O)N1C(c2ncc(Br)[nH]2)CC2CC21)C(C)C. The third-order valence-electron chi connectivity index (χ3n) is 4.63. The minimum atomic E-state index is -0.595. The summed E-state index contributed by atoms with van der Waals surface area (Å²) in [6, 6.07) is -0.391. The highest BCUT2D eigenvalue weighted by atomic mass is 79.9. The Morgan fingerprint density at radius 2 is 2.22 bits per heavy atom. The van der Waals surface area contributed by atoms with Crippen molar-refractivity contribution in [2.24, 2.45) is 11.8 Å². The highest BCUT2D eigenvalue weighted by Gasteiger charge is 2.56. The fraction of sp³-hybridized carbons (Fsp3) is 0.667. The molecule has 4 unspecified atom stereocenters. The number of nitrogens with zero attached hydrogens (tertiary/aromatic N) is 2. The monoisotopic (exact) mass is 384 g/mol. The van der Waals surface area contributed by atoms with Gasteiger partial charge in [0, 0.05) is 6.04 Å². The largest absolute Gasteiger partial charge is 0.453 e. The van der Waals surface area contributed by atoms with Gasteiger partial charge in [-0.1, -0.05) is 13.8 Å². The molecule has 7 nitrogen and oxygen atoms in total. The van der Waals surface area contributed by atoms with Gasteiger partial charge in [-0.05, 0) is 40.6 Å². The molecule has 1 aliphatic carbocycles. The van der Waals surface area contributed by atoms with Gasteiger partial charge in [-0.3, -0.25) is 4.79 Å². The molecule has 0 aromatic carbocycles. The third kappa shape index (κ3) is 3.08. The number of halogens is 1. The van der Waals surface area contributed by atoms with E-state index >= 15 is 0 Å². The van der Waals surface area contributed by atoms with Crippen molar-refractivity contribution in [3.63, 3.8) is 0 Å². The minimum Gasteiger partial charge on any atom is -0.453 e. The maximum absolute atomic E-state index is 13.1. The van der Waals surface area contributed by atoms with E-state index in [-0.39, 0.29) is 23.9 Å². The van der Waals surface area contributed by atoms with Gasteiger partial charge in [0.25, 0.3) is 0 Å². The number of H-pyrrole nitrogens is 1. The van der Waals surface area contributed by atoms with Gasteiger partial charge in [-0.25, -0.2) is 9.78 Å².